The molecule has 0 saturated carbocycles. The number of aromatic hydroxyl groups is 1. The number of nitrogens with zero attached hydrogens (tertiary/aromatic N) is 1. The highest BCUT2D eigenvalue weighted by molar-refractivity contribution is 5.98. The van der Waals surface area contributed by atoms with Gasteiger partial charge in [0.05, 0.1) is 6.61 Å². The van der Waals surface area contributed by atoms with Crippen molar-refractivity contribution in [1.29, 1.82) is 0 Å². The highest BCUT2D eigenvalue weighted by atomic mass is 19.1. The van der Waals surface area contributed by atoms with Gasteiger partial charge in [-0.1, -0.05) is 72.2 Å². The van der Waals surface area contributed by atoms with Gasteiger partial charge in [-0.15, -0.1) is 0 Å². The molecule has 0 radical (unpaired) electrons. The van der Waals surface area contributed by atoms with Gasteiger partial charge in [0.25, 0.3) is 5.91 Å². The number of carbonyl (C=O) groups excluding carboxylic acids is 3. The maximum atomic E-state index is 14.1. The number of nitrogens with one attached hydrogen (secondary N) is 1. The average molecular weight is 677 g/mol. The number of carbonyl (C=O) groups is 3. The number of halogens is 2. The van der Waals surface area contributed by atoms with Gasteiger partial charge in [-0.2, -0.15) is 0 Å². The molecule has 3 aromatic carbocycles. The lowest BCUT2D eigenvalue weighted by molar-refractivity contribution is -0.147. The van der Waals surface area contributed by atoms with E-state index < -0.39 is 28.9 Å². The summed E-state index contributed by atoms with van der Waals surface area (Å²) in [4.78, 5) is 41.7. The Morgan fingerprint density at radius 1 is 0.878 bits per heavy atom. The SMILES string of the molecule is CCOC(=O)[C@@H]1C[C@H](NC(=O)CCCCC(c2ccc(F)cc2)c2ccc(F)cc2)CN1C(=O)c1cc(C(C)(C)C)c(O)c(C(C)(C)C)c1. The Labute approximate surface area is 289 Å². The molecule has 49 heavy (non-hydrogen) atoms. The zero-order chi connectivity index (χ0) is 36.1. The molecule has 9 heteroatoms. The van der Waals surface area contributed by atoms with E-state index in [1.807, 2.05) is 41.5 Å². The average Bonchev–Trinajstić information content (AvgIpc) is 3.45. The van der Waals surface area contributed by atoms with Crippen molar-refractivity contribution in [2.75, 3.05) is 13.2 Å². The third-order valence-electron chi connectivity index (χ3n) is 9.15. The number of ether oxygens (including phenoxy) is 1. The maximum Gasteiger partial charge on any atom is 0.328 e. The summed E-state index contributed by atoms with van der Waals surface area (Å²) in [6, 6.07) is 14.7. The predicted octanol–water partition coefficient (Wildman–Crippen LogP) is 7.92. The highest BCUT2D eigenvalue weighted by Crippen LogP contribution is 2.40. The van der Waals surface area contributed by atoms with Gasteiger partial charge in [-0.3, -0.25) is 9.59 Å². The summed E-state index contributed by atoms with van der Waals surface area (Å²) in [5, 5.41) is 14.2. The van der Waals surface area contributed by atoms with Crippen molar-refractivity contribution in [2.45, 2.75) is 109 Å². The molecule has 7 nitrogen and oxygen atoms in total. The van der Waals surface area contributed by atoms with Crippen LogP contribution < -0.4 is 5.32 Å². The first-order valence-electron chi connectivity index (χ1n) is 17.2. The molecule has 0 bridgehead atoms. The van der Waals surface area contributed by atoms with Crippen LogP contribution in [-0.4, -0.2) is 53.0 Å². The number of amides is 2. The van der Waals surface area contributed by atoms with Crippen LogP contribution in [0.3, 0.4) is 0 Å². The first kappa shape index (κ1) is 37.5. The highest BCUT2D eigenvalue weighted by Gasteiger charge is 2.42. The van der Waals surface area contributed by atoms with Crippen molar-refractivity contribution in [3.8, 4) is 5.75 Å². The van der Waals surface area contributed by atoms with Gasteiger partial charge >= 0.3 is 5.97 Å². The standard InChI is InChI=1S/C40H50F2N2O5/c1-8-49-38(48)34-23-30(24-44(34)37(47)27-21-32(39(2,3)4)36(46)33(22-27)40(5,6)7)43-35(45)12-10-9-11-31(25-13-17-28(41)18-14-25)26-15-19-29(42)20-16-26/h13-22,30-31,34,46H,8-12,23-24H2,1-7H3,(H,43,45)/t30-,34-/m0/s1. The van der Waals surface area contributed by atoms with Crippen LogP contribution in [0.25, 0.3) is 0 Å². The molecule has 1 heterocycles. The van der Waals surface area contributed by atoms with E-state index in [1.165, 1.54) is 29.2 Å². The first-order valence-corrected chi connectivity index (χ1v) is 17.2. The molecule has 0 unspecified atom stereocenters. The second-order valence-corrected chi connectivity index (χ2v) is 15.0. The zero-order valence-electron chi connectivity index (χ0n) is 29.7. The largest absolute Gasteiger partial charge is 0.507 e. The number of phenolic OH excluding ortho intramolecular Hbond substituents is 1. The quantitative estimate of drug-likeness (QED) is 0.159. The van der Waals surface area contributed by atoms with Gasteiger partial charge in [-0.25, -0.2) is 13.6 Å². The molecule has 3 aromatic rings. The van der Waals surface area contributed by atoms with Crippen LogP contribution in [0.2, 0.25) is 0 Å². The van der Waals surface area contributed by atoms with Gasteiger partial charge in [0.1, 0.15) is 23.4 Å². The van der Waals surface area contributed by atoms with E-state index in [4.69, 9.17) is 4.74 Å². The molecular formula is C40H50F2N2O5. The third kappa shape index (κ3) is 9.46. The van der Waals surface area contributed by atoms with Crippen molar-refractivity contribution >= 4 is 17.8 Å². The second kappa shape index (κ2) is 15.5. The van der Waals surface area contributed by atoms with Crippen molar-refractivity contribution in [3.63, 3.8) is 0 Å². The summed E-state index contributed by atoms with van der Waals surface area (Å²) in [5.74, 6) is -1.65. The molecule has 2 N–H and O–H groups in total. The normalized spacial score (nSPS) is 16.6. The van der Waals surface area contributed by atoms with Crippen LogP contribution in [0.5, 0.6) is 5.75 Å². The minimum Gasteiger partial charge on any atom is -0.507 e. The van der Waals surface area contributed by atoms with Crippen LogP contribution in [0.4, 0.5) is 8.78 Å². The fourth-order valence-corrected chi connectivity index (χ4v) is 6.54. The fourth-order valence-electron chi connectivity index (χ4n) is 6.54. The number of phenols is 1. The lowest BCUT2D eigenvalue weighted by atomic mass is 9.78. The van der Waals surface area contributed by atoms with E-state index in [9.17, 15) is 28.3 Å². The van der Waals surface area contributed by atoms with E-state index in [2.05, 4.69) is 5.32 Å². The molecule has 2 amide bonds. The van der Waals surface area contributed by atoms with Crippen LogP contribution in [-0.2, 0) is 25.2 Å². The number of likely N-dealkylation sites (tertiary alicyclic amines) is 1. The molecule has 264 valence electrons. The second-order valence-electron chi connectivity index (χ2n) is 15.0. The Kier molecular flexibility index (Phi) is 11.9. The predicted molar refractivity (Wildman–Crippen MR) is 187 cm³/mol. The Balaban J connectivity index is 1.44. The Morgan fingerprint density at radius 3 is 1.86 bits per heavy atom. The minimum atomic E-state index is -0.866. The molecule has 1 aliphatic rings. The summed E-state index contributed by atoms with van der Waals surface area (Å²) in [6.07, 6.45) is 2.43. The van der Waals surface area contributed by atoms with Crippen molar-refractivity contribution < 1.29 is 33.0 Å². The monoisotopic (exact) mass is 676 g/mol. The summed E-state index contributed by atoms with van der Waals surface area (Å²) >= 11 is 0. The van der Waals surface area contributed by atoms with E-state index in [0.717, 1.165) is 11.1 Å². The molecule has 0 aromatic heterocycles. The number of hydrogen-bond acceptors (Lipinski definition) is 5. The number of unbranched alkanes of at least 4 members (excludes halogenated alkanes) is 1. The van der Waals surface area contributed by atoms with Crippen molar-refractivity contribution in [3.05, 3.63) is 100 Å². The minimum absolute atomic E-state index is 0.0819. The lowest BCUT2D eigenvalue weighted by Crippen LogP contribution is -2.42. The fraction of sp³-hybridized carbons (Fsp3) is 0.475. The van der Waals surface area contributed by atoms with E-state index >= 15 is 0 Å². The summed E-state index contributed by atoms with van der Waals surface area (Å²) < 4.78 is 32.6. The Bertz CT molecular complexity index is 1540. The molecule has 1 aliphatic heterocycles. The molecule has 0 spiro atoms. The van der Waals surface area contributed by atoms with Crippen LogP contribution >= 0.6 is 0 Å². The Hall–Kier alpha value is -4.27. The van der Waals surface area contributed by atoms with Gasteiger partial charge in [0.2, 0.25) is 5.91 Å². The van der Waals surface area contributed by atoms with Crippen molar-refractivity contribution in [1.82, 2.24) is 10.2 Å². The topological polar surface area (TPSA) is 95.9 Å². The summed E-state index contributed by atoms with van der Waals surface area (Å²) in [5.41, 5.74) is 2.58. The molecular weight excluding hydrogens is 626 g/mol. The zero-order valence-corrected chi connectivity index (χ0v) is 29.7. The van der Waals surface area contributed by atoms with Crippen LogP contribution in [0.1, 0.15) is 119 Å². The first-order chi connectivity index (χ1) is 23.0. The Morgan fingerprint density at radius 2 is 1.39 bits per heavy atom. The smallest absolute Gasteiger partial charge is 0.328 e. The van der Waals surface area contributed by atoms with Gasteiger partial charge in [-0.05, 0) is 78.1 Å². The summed E-state index contributed by atoms with van der Waals surface area (Å²) in [7, 11) is 0. The number of esters is 1. The molecule has 1 saturated heterocycles. The van der Waals surface area contributed by atoms with E-state index in [-0.39, 0.29) is 61.1 Å². The molecule has 4 rings (SSSR count). The van der Waals surface area contributed by atoms with Crippen molar-refractivity contribution in [2.24, 2.45) is 0 Å². The lowest BCUT2D eigenvalue weighted by Gasteiger charge is -2.29. The molecule has 1 fully saturated rings. The third-order valence-corrected chi connectivity index (χ3v) is 9.15. The van der Waals surface area contributed by atoms with Gasteiger partial charge in [0, 0.05) is 48.0 Å². The van der Waals surface area contributed by atoms with Gasteiger partial charge < -0.3 is 20.1 Å². The molecule has 0 aliphatic carbocycles. The van der Waals surface area contributed by atoms with Crippen LogP contribution in [0.15, 0.2) is 60.7 Å². The number of benzene rings is 3. The van der Waals surface area contributed by atoms with Crippen LogP contribution in [0, 0.1) is 11.6 Å². The van der Waals surface area contributed by atoms with E-state index in [0.29, 0.717) is 36.0 Å². The maximum absolute atomic E-state index is 14.1. The summed E-state index contributed by atoms with van der Waals surface area (Å²) in [6.45, 7) is 13.8. The number of rotatable bonds is 11. The number of hydrogen-bond donors (Lipinski definition) is 2. The molecule has 2 atom stereocenters. The van der Waals surface area contributed by atoms with Gasteiger partial charge in [0.15, 0.2) is 0 Å². The van der Waals surface area contributed by atoms with E-state index in [1.54, 1.807) is 43.3 Å².